The highest BCUT2D eigenvalue weighted by molar-refractivity contribution is 9.10. The van der Waals surface area contributed by atoms with E-state index in [9.17, 15) is 9.59 Å². The maximum absolute atomic E-state index is 15.0. The summed E-state index contributed by atoms with van der Waals surface area (Å²) in [5, 5.41) is 0. The lowest BCUT2D eigenvalue weighted by Gasteiger charge is -2.29. The summed E-state index contributed by atoms with van der Waals surface area (Å²) in [6.07, 6.45) is -0.396. The molecule has 7 nitrogen and oxygen atoms in total. The minimum absolute atomic E-state index is 0.0186. The lowest BCUT2D eigenvalue weighted by molar-refractivity contribution is -0.142. The van der Waals surface area contributed by atoms with Crippen molar-refractivity contribution in [3.05, 3.63) is 28.2 Å². The summed E-state index contributed by atoms with van der Waals surface area (Å²) in [5.74, 6) is -4.10. The summed E-state index contributed by atoms with van der Waals surface area (Å²) in [6.45, 7) is 6.82. The van der Waals surface area contributed by atoms with Crippen molar-refractivity contribution in [2.45, 2.75) is 38.3 Å². The second-order valence-corrected chi connectivity index (χ2v) is 9.95. The monoisotopic (exact) mass is 503 g/mol. The molecule has 0 saturated carbocycles. The number of halogens is 3. The summed E-state index contributed by atoms with van der Waals surface area (Å²) in [7, 11) is 1.37. The molecule has 2 heterocycles. The van der Waals surface area contributed by atoms with Crippen molar-refractivity contribution in [2.75, 3.05) is 33.3 Å². The Bertz CT molecular complexity index is 848. The average molecular weight is 504 g/mol. The predicted octanol–water partition coefficient (Wildman–Crippen LogP) is 3.20. The Morgan fingerprint density at radius 2 is 1.68 bits per heavy atom. The van der Waals surface area contributed by atoms with Crippen LogP contribution in [0.5, 0.6) is 5.75 Å². The van der Waals surface area contributed by atoms with E-state index in [1.165, 1.54) is 30.2 Å². The van der Waals surface area contributed by atoms with Crippen molar-refractivity contribution >= 4 is 27.9 Å². The van der Waals surface area contributed by atoms with Gasteiger partial charge in [0.15, 0.2) is 6.04 Å². The number of alkyl halides is 2. The van der Waals surface area contributed by atoms with Gasteiger partial charge in [0.25, 0.3) is 5.92 Å². The third-order valence-corrected chi connectivity index (χ3v) is 6.30. The van der Waals surface area contributed by atoms with Crippen LogP contribution in [0.15, 0.2) is 22.7 Å². The zero-order valence-electron chi connectivity index (χ0n) is 18.0. The number of nitrogens with zero attached hydrogens (tertiary/aromatic N) is 2. The molecule has 0 aliphatic carbocycles. The molecule has 2 aliphatic rings. The normalized spacial score (nSPS) is 22.3. The van der Waals surface area contributed by atoms with Crippen LogP contribution in [-0.2, 0) is 15.5 Å². The number of ether oxygens (including phenoxy) is 2. The fourth-order valence-corrected chi connectivity index (χ4v) is 4.46. The fourth-order valence-electron chi connectivity index (χ4n) is 4.05. The SMILES string of the molecule is COc1cc(C(F)(F)C(N)C(=O)N2C[C@H]3CN(C(=O)OC(C)(C)C)C[C@H]3C2)ccc1Br. The maximum Gasteiger partial charge on any atom is 0.410 e. The molecule has 10 heteroatoms. The van der Waals surface area contributed by atoms with Gasteiger partial charge in [-0.25, -0.2) is 4.79 Å². The number of rotatable bonds is 4. The first-order valence-corrected chi connectivity index (χ1v) is 10.9. The molecule has 2 fully saturated rings. The first kappa shape index (κ1) is 23.7. The minimum Gasteiger partial charge on any atom is -0.496 e. The van der Waals surface area contributed by atoms with Gasteiger partial charge in [-0.15, -0.1) is 0 Å². The molecule has 0 radical (unpaired) electrons. The Morgan fingerprint density at radius 3 is 2.19 bits per heavy atom. The van der Waals surface area contributed by atoms with Crippen LogP contribution in [0.4, 0.5) is 13.6 Å². The molecule has 172 valence electrons. The molecule has 2 aliphatic heterocycles. The van der Waals surface area contributed by atoms with Gasteiger partial charge in [0.05, 0.1) is 11.6 Å². The maximum atomic E-state index is 15.0. The summed E-state index contributed by atoms with van der Waals surface area (Å²) in [6, 6.07) is 1.82. The summed E-state index contributed by atoms with van der Waals surface area (Å²) in [5.41, 5.74) is 4.78. The number of nitrogens with two attached hydrogens (primary N) is 1. The Labute approximate surface area is 189 Å². The molecule has 1 aromatic carbocycles. The van der Waals surface area contributed by atoms with Crippen molar-refractivity contribution in [1.82, 2.24) is 9.80 Å². The molecule has 2 saturated heterocycles. The van der Waals surface area contributed by atoms with Gasteiger partial charge in [-0.1, -0.05) is 6.07 Å². The first-order valence-electron chi connectivity index (χ1n) is 10.1. The topological polar surface area (TPSA) is 85.1 Å². The van der Waals surface area contributed by atoms with Gasteiger partial charge < -0.3 is 25.0 Å². The zero-order chi connectivity index (χ0) is 23.1. The number of carbonyl (C=O) groups excluding carboxylic acids is 2. The second-order valence-electron chi connectivity index (χ2n) is 9.10. The number of methoxy groups -OCH3 is 1. The molecule has 31 heavy (non-hydrogen) atoms. The zero-order valence-corrected chi connectivity index (χ0v) is 19.6. The largest absolute Gasteiger partial charge is 0.496 e. The van der Waals surface area contributed by atoms with Crippen LogP contribution in [0.1, 0.15) is 26.3 Å². The van der Waals surface area contributed by atoms with E-state index in [0.29, 0.717) is 17.6 Å². The molecule has 0 aromatic heterocycles. The van der Waals surface area contributed by atoms with E-state index in [-0.39, 0.29) is 36.2 Å². The third-order valence-electron chi connectivity index (χ3n) is 5.64. The van der Waals surface area contributed by atoms with Crippen molar-refractivity contribution in [1.29, 1.82) is 0 Å². The highest BCUT2D eigenvalue weighted by Crippen LogP contribution is 2.38. The van der Waals surface area contributed by atoms with Gasteiger partial charge in [-0.3, -0.25) is 4.79 Å². The Morgan fingerprint density at radius 1 is 1.13 bits per heavy atom. The number of amides is 2. The second kappa shape index (κ2) is 8.54. The molecular weight excluding hydrogens is 476 g/mol. The Hall–Kier alpha value is -1.94. The van der Waals surface area contributed by atoms with E-state index < -0.39 is 29.6 Å². The molecule has 0 bridgehead atoms. The van der Waals surface area contributed by atoms with Gasteiger partial charge in [-0.2, -0.15) is 8.78 Å². The minimum atomic E-state index is -3.56. The number of benzene rings is 1. The highest BCUT2D eigenvalue weighted by Gasteiger charge is 2.49. The molecule has 3 rings (SSSR count). The smallest absolute Gasteiger partial charge is 0.410 e. The lowest BCUT2D eigenvalue weighted by Crippen LogP contribution is -2.52. The molecule has 1 unspecified atom stereocenters. The third kappa shape index (κ3) is 4.95. The van der Waals surface area contributed by atoms with Crippen LogP contribution in [-0.4, -0.2) is 66.7 Å². The molecule has 2 amide bonds. The van der Waals surface area contributed by atoms with Gasteiger partial charge in [0.1, 0.15) is 11.4 Å². The van der Waals surface area contributed by atoms with Crippen LogP contribution in [0, 0.1) is 11.8 Å². The number of carbonyl (C=O) groups is 2. The van der Waals surface area contributed by atoms with Crippen LogP contribution < -0.4 is 10.5 Å². The molecule has 2 N–H and O–H groups in total. The van der Waals surface area contributed by atoms with Crippen molar-refractivity contribution in [3.8, 4) is 5.75 Å². The fraction of sp³-hybridized carbons (Fsp3) is 0.619. The van der Waals surface area contributed by atoms with Gasteiger partial charge in [-0.05, 0) is 48.8 Å². The van der Waals surface area contributed by atoms with Crippen LogP contribution in [0.2, 0.25) is 0 Å². The van der Waals surface area contributed by atoms with Gasteiger partial charge in [0.2, 0.25) is 5.91 Å². The van der Waals surface area contributed by atoms with E-state index >= 15 is 8.78 Å². The Balaban J connectivity index is 1.64. The Kier molecular flexibility index (Phi) is 6.53. The predicted molar refractivity (Wildman–Crippen MR) is 114 cm³/mol. The van der Waals surface area contributed by atoms with Gasteiger partial charge >= 0.3 is 6.09 Å². The van der Waals surface area contributed by atoms with Crippen LogP contribution in [0.25, 0.3) is 0 Å². The van der Waals surface area contributed by atoms with E-state index in [1.807, 2.05) is 0 Å². The molecule has 1 aromatic rings. The van der Waals surface area contributed by atoms with Crippen molar-refractivity contribution < 1.29 is 27.8 Å². The molecular formula is C21H28BrF2N3O4. The van der Waals surface area contributed by atoms with E-state index in [2.05, 4.69) is 15.9 Å². The van der Waals surface area contributed by atoms with Crippen molar-refractivity contribution in [3.63, 3.8) is 0 Å². The molecule has 3 atom stereocenters. The summed E-state index contributed by atoms with van der Waals surface area (Å²) >= 11 is 3.22. The van der Waals surface area contributed by atoms with E-state index in [4.69, 9.17) is 15.2 Å². The van der Waals surface area contributed by atoms with Crippen molar-refractivity contribution in [2.24, 2.45) is 17.6 Å². The standard InChI is InChI=1S/C21H28BrF2N3O4/c1-20(2,3)31-19(29)27-10-12-8-26(9-13(12)11-27)18(28)17(25)21(23,24)14-5-6-15(22)16(7-14)30-4/h5-7,12-13,17H,8-11,25H2,1-4H3/t12-,13+,17?. The first-order chi connectivity index (χ1) is 14.3. The average Bonchev–Trinajstić information content (AvgIpc) is 3.25. The van der Waals surface area contributed by atoms with E-state index in [0.717, 1.165) is 0 Å². The van der Waals surface area contributed by atoms with Gasteiger partial charge in [0, 0.05) is 43.6 Å². The molecule has 0 spiro atoms. The lowest BCUT2D eigenvalue weighted by atomic mass is 10.00. The number of likely N-dealkylation sites (tertiary alicyclic amines) is 2. The van der Waals surface area contributed by atoms with E-state index in [1.54, 1.807) is 25.7 Å². The number of fused-ring (bicyclic) bond motifs is 1. The number of hydrogen-bond donors (Lipinski definition) is 1. The quantitative estimate of drug-likeness (QED) is 0.681. The van der Waals surface area contributed by atoms with Crippen LogP contribution >= 0.6 is 15.9 Å². The summed E-state index contributed by atoms with van der Waals surface area (Å²) in [4.78, 5) is 28.1. The number of hydrogen-bond acceptors (Lipinski definition) is 5. The van der Waals surface area contributed by atoms with Crippen LogP contribution in [0.3, 0.4) is 0 Å². The summed E-state index contributed by atoms with van der Waals surface area (Å²) < 4.78 is 41.0. The highest BCUT2D eigenvalue weighted by atomic mass is 79.9.